The first kappa shape index (κ1) is 19.9. The van der Waals surface area contributed by atoms with Gasteiger partial charge in [-0.25, -0.2) is 16.8 Å². The van der Waals surface area contributed by atoms with E-state index in [-0.39, 0.29) is 9.79 Å². The Morgan fingerprint density at radius 1 is 0.750 bits per heavy atom. The van der Waals surface area contributed by atoms with E-state index in [2.05, 4.69) is 15.9 Å². The average molecular weight is 485 g/mol. The predicted molar refractivity (Wildman–Crippen MR) is 111 cm³/mol. The lowest BCUT2D eigenvalue weighted by Crippen LogP contribution is -2.35. The molecule has 2 heterocycles. The first-order chi connectivity index (χ1) is 13.3. The second kappa shape index (κ2) is 7.44. The molecule has 2 aliphatic heterocycles. The van der Waals surface area contributed by atoms with Gasteiger partial charge in [-0.2, -0.15) is 4.31 Å². The van der Waals surface area contributed by atoms with Crippen LogP contribution in [0.2, 0.25) is 0 Å². The first-order valence-electron chi connectivity index (χ1n) is 9.21. The second-order valence-corrected chi connectivity index (χ2v) is 11.8. The van der Waals surface area contributed by atoms with Gasteiger partial charge >= 0.3 is 0 Å². The zero-order chi connectivity index (χ0) is 19.9. The smallest absolute Gasteiger partial charge is 0.264 e. The van der Waals surface area contributed by atoms with Crippen molar-refractivity contribution in [3.8, 4) is 0 Å². The summed E-state index contributed by atoms with van der Waals surface area (Å²) in [6, 6.07) is 11.3. The molecule has 1 saturated heterocycles. The van der Waals surface area contributed by atoms with Crippen LogP contribution < -0.4 is 4.31 Å². The predicted octanol–water partition coefficient (Wildman–Crippen LogP) is 3.38. The van der Waals surface area contributed by atoms with Crippen LogP contribution in [0.4, 0.5) is 5.69 Å². The van der Waals surface area contributed by atoms with E-state index in [4.69, 9.17) is 0 Å². The van der Waals surface area contributed by atoms with Gasteiger partial charge in [0.05, 0.1) is 15.5 Å². The minimum atomic E-state index is -3.69. The van der Waals surface area contributed by atoms with Crippen LogP contribution in [0.25, 0.3) is 0 Å². The van der Waals surface area contributed by atoms with Crippen molar-refractivity contribution in [2.75, 3.05) is 23.9 Å². The molecule has 0 aliphatic carbocycles. The van der Waals surface area contributed by atoms with Gasteiger partial charge in [0.15, 0.2) is 0 Å². The normalized spacial score (nSPS) is 18.2. The van der Waals surface area contributed by atoms with Crippen LogP contribution in [0.1, 0.15) is 24.8 Å². The average Bonchev–Trinajstić information content (AvgIpc) is 3.13. The van der Waals surface area contributed by atoms with Crippen LogP contribution in [-0.4, -0.2) is 40.8 Å². The minimum absolute atomic E-state index is 0.216. The van der Waals surface area contributed by atoms with Gasteiger partial charge in [-0.05, 0) is 67.3 Å². The highest BCUT2D eigenvalue weighted by atomic mass is 79.9. The lowest BCUT2D eigenvalue weighted by atomic mass is 10.2. The van der Waals surface area contributed by atoms with Crippen molar-refractivity contribution < 1.29 is 16.8 Å². The number of anilines is 1. The molecule has 0 aromatic heterocycles. The number of rotatable bonds is 4. The van der Waals surface area contributed by atoms with Gasteiger partial charge in [0.1, 0.15) is 0 Å². The Kier molecular flexibility index (Phi) is 5.28. The molecule has 4 rings (SSSR count). The Morgan fingerprint density at radius 3 is 2.07 bits per heavy atom. The number of sulfonamides is 2. The molecule has 28 heavy (non-hydrogen) atoms. The van der Waals surface area contributed by atoms with Gasteiger partial charge in [-0.3, -0.25) is 4.31 Å². The zero-order valence-electron chi connectivity index (χ0n) is 15.2. The summed E-state index contributed by atoms with van der Waals surface area (Å²) in [4.78, 5) is 0.463. The molecule has 0 unspecified atom stereocenters. The number of benzene rings is 2. The molecule has 1 fully saturated rings. The lowest BCUT2D eigenvalue weighted by molar-refractivity contribution is 0.346. The van der Waals surface area contributed by atoms with Gasteiger partial charge < -0.3 is 0 Å². The molecule has 2 aliphatic rings. The fraction of sp³-hybridized carbons (Fsp3) is 0.368. The molecule has 0 bridgehead atoms. The van der Waals surface area contributed by atoms with E-state index in [1.165, 1.54) is 14.7 Å². The molecule has 0 N–H and O–H groups in total. The molecule has 0 amide bonds. The Bertz CT molecular complexity index is 1090. The molecule has 6 nitrogen and oxygen atoms in total. The molecule has 0 radical (unpaired) electrons. The highest BCUT2D eigenvalue weighted by Crippen LogP contribution is 2.35. The number of halogens is 1. The highest BCUT2D eigenvalue weighted by molar-refractivity contribution is 9.10. The second-order valence-electron chi connectivity index (χ2n) is 7.04. The van der Waals surface area contributed by atoms with Crippen LogP contribution in [0, 0.1) is 0 Å². The van der Waals surface area contributed by atoms with Crippen LogP contribution in [0.5, 0.6) is 0 Å². The lowest BCUT2D eigenvalue weighted by Gasteiger charge is -2.26. The number of nitrogens with zero attached hydrogens (tertiary/aromatic N) is 2. The molecule has 2 aromatic rings. The fourth-order valence-electron chi connectivity index (χ4n) is 3.75. The topological polar surface area (TPSA) is 74.8 Å². The van der Waals surface area contributed by atoms with Gasteiger partial charge in [0, 0.05) is 24.1 Å². The third-order valence-electron chi connectivity index (χ3n) is 5.26. The maximum absolute atomic E-state index is 13.0. The largest absolute Gasteiger partial charge is 0.266 e. The van der Waals surface area contributed by atoms with Crippen molar-refractivity contribution in [3.05, 3.63) is 52.5 Å². The Balaban J connectivity index is 1.66. The highest BCUT2D eigenvalue weighted by Gasteiger charge is 2.33. The summed E-state index contributed by atoms with van der Waals surface area (Å²) in [5.74, 6) is 0. The third kappa shape index (κ3) is 3.49. The number of hydrogen-bond donors (Lipinski definition) is 0. The maximum atomic E-state index is 13.0. The molecule has 0 saturated carbocycles. The maximum Gasteiger partial charge on any atom is 0.264 e. The Labute approximate surface area is 174 Å². The van der Waals surface area contributed by atoms with Crippen LogP contribution >= 0.6 is 15.9 Å². The van der Waals surface area contributed by atoms with Crippen molar-refractivity contribution in [3.63, 3.8) is 0 Å². The number of hydrogen-bond acceptors (Lipinski definition) is 4. The Morgan fingerprint density at radius 2 is 1.39 bits per heavy atom. The summed E-state index contributed by atoms with van der Waals surface area (Å²) in [7, 11) is -7.22. The van der Waals surface area contributed by atoms with E-state index in [1.54, 1.807) is 36.4 Å². The van der Waals surface area contributed by atoms with Crippen LogP contribution in [0.3, 0.4) is 0 Å². The third-order valence-corrected chi connectivity index (χ3v) is 9.51. The van der Waals surface area contributed by atoms with Crippen molar-refractivity contribution in [2.24, 2.45) is 0 Å². The molecule has 9 heteroatoms. The fourth-order valence-corrected chi connectivity index (χ4v) is 7.08. The van der Waals surface area contributed by atoms with Crippen molar-refractivity contribution in [2.45, 2.75) is 35.5 Å². The number of fused-ring (bicyclic) bond motifs is 1. The Hall–Kier alpha value is -1.42. The minimum Gasteiger partial charge on any atom is -0.266 e. The van der Waals surface area contributed by atoms with E-state index in [0.717, 1.165) is 29.3 Å². The van der Waals surface area contributed by atoms with Crippen molar-refractivity contribution in [1.82, 2.24) is 4.31 Å². The summed E-state index contributed by atoms with van der Waals surface area (Å²) in [6.45, 7) is 1.40. The van der Waals surface area contributed by atoms with E-state index in [0.29, 0.717) is 31.7 Å². The number of piperidine rings is 1. The SMILES string of the molecule is O=S(=O)(c1ccc2c(c1)CCN2S(=O)(=O)c1ccc(Br)cc1)N1CCCCC1. The van der Waals surface area contributed by atoms with Crippen LogP contribution in [-0.2, 0) is 26.5 Å². The molecular weight excluding hydrogens is 464 g/mol. The van der Waals surface area contributed by atoms with Gasteiger partial charge in [0.2, 0.25) is 10.0 Å². The summed E-state index contributed by atoms with van der Waals surface area (Å²) >= 11 is 3.31. The van der Waals surface area contributed by atoms with E-state index < -0.39 is 20.0 Å². The molecular formula is C19H21BrN2O4S2. The first-order valence-corrected chi connectivity index (χ1v) is 12.9. The molecule has 0 spiro atoms. The molecule has 2 aromatic carbocycles. The summed E-state index contributed by atoms with van der Waals surface area (Å²) in [6.07, 6.45) is 3.31. The molecule has 0 atom stereocenters. The van der Waals surface area contributed by atoms with E-state index in [1.807, 2.05) is 0 Å². The van der Waals surface area contributed by atoms with Crippen molar-refractivity contribution >= 4 is 41.7 Å². The quantitative estimate of drug-likeness (QED) is 0.666. The van der Waals surface area contributed by atoms with E-state index in [9.17, 15) is 16.8 Å². The standard InChI is InChI=1S/C19H21BrN2O4S2/c20-16-4-6-17(7-5-16)28(25,26)22-13-10-15-14-18(8-9-19(15)22)27(23,24)21-11-2-1-3-12-21/h4-9,14H,1-3,10-13H2. The van der Waals surface area contributed by atoms with Gasteiger partial charge in [-0.15, -0.1) is 0 Å². The van der Waals surface area contributed by atoms with Crippen molar-refractivity contribution in [1.29, 1.82) is 0 Å². The summed E-state index contributed by atoms with van der Waals surface area (Å²) in [5.41, 5.74) is 1.30. The molecule has 150 valence electrons. The van der Waals surface area contributed by atoms with E-state index >= 15 is 0 Å². The van der Waals surface area contributed by atoms with Crippen LogP contribution in [0.15, 0.2) is 56.7 Å². The summed E-state index contributed by atoms with van der Waals surface area (Å²) in [5, 5.41) is 0. The monoisotopic (exact) mass is 484 g/mol. The zero-order valence-corrected chi connectivity index (χ0v) is 18.4. The summed E-state index contributed by atoms with van der Waals surface area (Å²) < 4.78 is 55.6. The van der Waals surface area contributed by atoms with Gasteiger partial charge in [0.25, 0.3) is 10.0 Å². The van der Waals surface area contributed by atoms with Gasteiger partial charge in [-0.1, -0.05) is 22.4 Å².